The number of aryl methyl sites for hydroxylation is 10. The maximum absolute atomic E-state index is 12.6. The number of carbonyl (C=O) groups is 3. The number of methoxy groups -OCH3 is 2. The predicted molar refractivity (Wildman–Crippen MR) is 407 cm³/mol. The number of sulfonamides is 3. The molecule has 14 rings (SSSR count). The Hall–Kier alpha value is -6.31. The summed E-state index contributed by atoms with van der Waals surface area (Å²) in [6.45, 7) is 1.43. The Morgan fingerprint density at radius 2 is 0.840 bits per heavy atom. The van der Waals surface area contributed by atoms with Gasteiger partial charge in [-0.2, -0.15) is 24.0 Å². The predicted octanol–water partition coefficient (Wildman–Crippen LogP) is 7.90. The first-order chi connectivity index (χ1) is 49.7. The summed E-state index contributed by atoms with van der Waals surface area (Å²) in [7, 11) is -7.13. The number of carboxylic acid groups (broad SMARTS) is 1. The van der Waals surface area contributed by atoms with Gasteiger partial charge in [0.2, 0.25) is 0 Å². The summed E-state index contributed by atoms with van der Waals surface area (Å²) in [6.07, 6.45) is 23.3. The van der Waals surface area contributed by atoms with E-state index in [1.807, 2.05) is 24.3 Å². The number of nitriles is 1. The van der Waals surface area contributed by atoms with Crippen LogP contribution in [0.1, 0.15) is 156 Å². The first-order valence-corrected chi connectivity index (χ1v) is 43.4. The monoisotopic (exact) mass is 1630 g/mol. The van der Waals surface area contributed by atoms with Crippen LogP contribution in [-0.4, -0.2) is 76.6 Å². The molecule has 552 valence electrons. The van der Waals surface area contributed by atoms with Crippen molar-refractivity contribution in [2.45, 2.75) is 155 Å². The minimum Gasteiger partial charge on any atom is -0.883 e. The zero-order chi connectivity index (χ0) is 75.2. The van der Waals surface area contributed by atoms with Crippen molar-refractivity contribution in [3.63, 3.8) is 0 Å². The van der Waals surface area contributed by atoms with E-state index in [0.29, 0.717) is 10.6 Å². The third kappa shape index (κ3) is 25.1. The Morgan fingerprint density at radius 3 is 1.22 bits per heavy atom. The molecule has 0 radical (unpaired) electrons. The molecule has 0 saturated heterocycles. The van der Waals surface area contributed by atoms with Crippen molar-refractivity contribution in [1.29, 1.82) is 5.26 Å². The number of benzene rings is 5. The van der Waals surface area contributed by atoms with Gasteiger partial charge in [-0.1, -0.05) is 60.3 Å². The van der Waals surface area contributed by atoms with E-state index in [0.717, 1.165) is 153 Å². The molecule has 0 unspecified atom stereocenters. The van der Waals surface area contributed by atoms with Crippen LogP contribution in [0, 0.1) is 11.3 Å². The molecule has 5 N–H and O–H groups in total. The number of thiophene rings is 3. The molecular weight excluding hydrogens is 1550 g/mol. The number of aromatic carboxylic acids is 1. The molecule has 5 aromatic carbocycles. The molecule has 106 heavy (non-hydrogen) atoms. The first kappa shape index (κ1) is 88.6. The number of esters is 2. The summed E-state index contributed by atoms with van der Waals surface area (Å²) in [6, 6.07) is 35.8. The van der Waals surface area contributed by atoms with Gasteiger partial charge in [-0.05, 0) is 278 Å². The molecule has 0 bridgehead atoms. The van der Waals surface area contributed by atoms with E-state index in [1.54, 1.807) is 87.9 Å². The molecule has 32 heteroatoms. The molecule has 4 heterocycles. The Kier molecular flexibility index (Phi) is 35.1. The number of thioether (sulfide) groups is 1. The van der Waals surface area contributed by atoms with E-state index in [9.17, 15) is 58.3 Å². The van der Waals surface area contributed by atoms with Crippen LogP contribution in [0.3, 0.4) is 0 Å². The van der Waals surface area contributed by atoms with Crippen molar-refractivity contribution < 1.29 is 132 Å². The third-order valence-corrected chi connectivity index (χ3v) is 26.2. The van der Waals surface area contributed by atoms with Gasteiger partial charge >= 0.3 is 77.0 Å². The molecule has 1 aliphatic heterocycles. The molecule has 3 aromatic heterocycles. The van der Waals surface area contributed by atoms with Crippen LogP contribution in [0.15, 0.2) is 178 Å². The van der Waals surface area contributed by atoms with E-state index in [1.165, 1.54) is 110 Å². The largest absolute Gasteiger partial charge is 1.00 e. The molecule has 0 spiro atoms. The number of anilines is 3. The standard InChI is InChI=1S/C16H17NO4S2.2C15H15NO4S2.C10H11ClO2S.C10H12.C6H7NO2S.C2H3N.2Na/c1-21-16(18)15-14(8-9-22-15)17-23(19,20)13-7-6-11-4-2-3-5-12(11)10-13;2*17-15(18)14-13(7-8-21-14)16-22(19,20)12-6-5-10-3-1-2-4-11(10)9-12;11-14(12,13)10-6-5-8-3-1-2-4-9(8)7-10;1-2-6-10-8-4-3-7-9(10)5-1;1-9-6(8)5-4(7)2-3-10-5;1-2-3;;/h6-10,17H,2-5H2,1H3;5-9,17-18H,1-4H2;5-9,16H,1-4H2,(H,17,18);5-7H,1-4H2;1-2,5-6H,3-4,7-8H2;2-3H,7H2,1H3;1H3;;/q;;;;;;;2*+1/p-2. The molecule has 0 amide bonds. The molecule has 0 fully saturated rings. The summed E-state index contributed by atoms with van der Waals surface area (Å²) in [5.41, 5.74) is 18.5. The average molecular weight is 1630 g/mol. The molecule has 6 aliphatic rings. The number of allylic oxidation sites excluding steroid dienone is 2. The van der Waals surface area contributed by atoms with Gasteiger partial charge in [0.15, 0.2) is 0 Å². The number of carbonyl (C=O) groups excluding carboxylic acids is 2. The second-order valence-electron chi connectivity index (χ2n) is 24.2. The molecule has 0 atom stereocenters. The SMILES string of the molecule is CC#N.COC(=O)c1sccc1N.COC(=O)c1sccc1NS(=O)(=O)c1ccc2c(c1)CCCC2.O=C(O)c1sccc1NS(=O)(=O)c1ccc2c(c1)CCCC2.O=S(=O)(Cl)c1ccc2c(c1)CCCC2.O=S(=O)(N=C1C=CSC1=C([O-])[O-])c1ccc2c(c1)CCCC2.[Na+].[Na+].c1ccc2c(c1)CCCC2. The molecule has 21 nitrogen and oxygen atoms in total. The first-order valence-electron chi connectivity index (χ1n) is 33.2. The van der Waals surface area contributed by atoms with Gasteiger partial charge in [-0.25, -0.2) is 39.6 Å². The number of nitrogens with zero attached hydrogens (tertiary/aromatic N) is 2. The van der Waals surface area contributed by atoms with Crippen molar-refractivity contribution in [1.82, 2.24) is 0 Å². The molecule has 5 aliphatic carbocycles. The van der Waals surface area contributed by atoms with Gasteiger partial charge in [0.25, 0.3) is 39.1 Å². The van der Waals surface area contributed by atoms with E-state index in [-0.39, 0.29) is 116 Å². The van der Waals surface area contributed by atoms with Crippen LogP contribution in [-0.2, 0) is 113 Å². The summed E-state index contributed by atoms with van der Waals surface area (Å²) in [4.78, 5) is 34.8. The summed E-state index contributed by atoms with van der Waals surface area (Å²) in [5, 5.41) is 44.7. The fraction of sp³-hybridized carbons (Fsp3) is 0.311. The zero-order valence-electron chi connectivity index (χ0n) is 59.2. The Labute approximate surface area is 685 Å². The third-order valence-electron chi connectivity index (χ3n) is 17.2. The summed E-state index contributed by atoms with van der Waals surface area (Å²) < 4.78 is 115. The van der Waals surface area contributed by atoms with Gasteiger partial charge in [-0.15, -0.1) is 34.0 Å². The molecule has 8 aromatic rings. The number of nitrogens with two attached hydrogens (primary N) is 1. The van der Waals surface area contributed by atoms with Gasteiger partial charge in [0.1, 0.15) is 14.6 Å². The Morgan fingerprint density at radius 1 is 0.509 bits per heavy atom. The normalized spacial score (nSPS) is 14.7. The van der Waals surface area contributed by atoms with Crippen molar-refractivity contribution >= 4 is 136 Å². The van der Waals surface area contributed by atoms with Gasteiger partial charge in [-0.3, -0.25) is 9.44 Å². The maximum Gasteiger partial charge on any atom is 1.00 e. The number of fused-ring (bicyclic) bond motifs is 5. The number of hydrogen-bond acceptors (Lipinski definition) is 21. The number of hydrogen-bond donors (Lipinski definition) is 4. The second kappa shape index (κ2) is 42.0. The van der Waals surface area contributed by atoms with Crippen molar-refractivity contribution in [2.24, 2.45) is 4.40 Å². The average Bonchev–Trinajstić information content (AvgIpc) is 1.58. The minimum absolute atomic E-state index is 0. The summed E-state index contributed by atoms with van der Waals surface area (Å²) in [5.74, 6) is -3.48. The van der Waals surface area contributed by atoms with Gasteiger partial charge in [0.05, 0.1) is 62.6 Å². The van der Waals surface area contributed by atoms with E-state index in [2.05, 4.69) is 47.6 Å². The number of ether oxygens (including phenoxy) is 2. The number of carboxylic acids is 1. The minimum atomic E-state index is -3.93. The van der Waals surface area contributed by atoms with Crippen molar-refractivity contribution in [3.8, 4) is 6.07 Å². The molecular formula is C74H78ClN5Na2O16S8. The van der Waals surface area contributed by atoms with Crippen molar-refractivity contribution in [3.05, 3.63) is 224 Å². The molecule has 0 saturated carbocycles. The van der Waals surface area contributed by atoms with Gasteiger partial charge < -0.3 is 30.5 Å². The van der Waals surface area contributed by atoms with E-state index < -0.39 is 57.0 Å². The summed E-state index contributed by atoms with van der Waals surface area (Å²) >= 11 is 4.31. The number of nitrogens with one attached hydrogen (secondary N) is 2. The van der Waals surface area contributed by atoms with Crippen LogP contribution in [0.5, 0.6) is 0 Å². The van der Waals surface area contributed by atoms with Crippen LogP contribution >= 0.6 is 56.5 Å². The van der Waals surface area contributed by atoms with Gasteiger partial charge in [0, 0.05) is 22.5 Å². The Bertz CT molecular complexity index is 5000. The van der Waals surface area contributed by atoms with Crippen LogP contribution < -0.4 is 84.5 Å². The Balaban J connectivity index is 0.000000202. The van der Waals surface area contributed by atoms with E-state index >= 15 is 0 Å². The fourth-order valence-corrected chi connectivity index (χ4v) is 19.2. The van der Waals surface area contributed by atoms with Crippen LogP contribution in [0.4, 0.5) is 17.1 Å². The number of halogens is 1. The number of rotatable bonds is 12. The second-order valence-corrected chi connectivity index (χ2v) is 35.4. The quantitative estimate of drug-likeness (QED) is 0.0390. The maximum atomic E-state index is 12.6. The topological polar surface area (TPSA) is 359 Å². The van der Waals surface area contributed by atoms with E-state index in [4.69, 9.17) is 26.8 Å². The smallest absolute Gasteiger partial charge is 0.883 e. The zero-order valence-corrected chi connectivity index (χ0v) is 70.5. The van der Waals surface area contributed by atoms with Crippen molar-refractivity contribution in [2.75, 3.05) is 29.4 Å². The fourth-order valence-electron chi connectivity index (χ4n) is 12.1. The number of nitrogen functional groups attached to an aromatic ring is 1. The van der Waals surface area contributed by atoms with Crippen LogP contribution in [0.25, 0.3) is 0 Å². The van der Waals surface area contributed by atoms with Crippen LogP contribution in [0.2, 0.25) is 0 Å².